The number of carbonyl (C=O) groups is 1. The number of halogens is 3. The van der Waals surface area contributed by atoms with Gasteiger partial charge < -0.3 is 24.6 Å². The van der Waals surface area contributed by atoms with Crippen LogP contribution in [0, 0.1) is 5.92 Å². The number of benzene rings is 1. The van der Waals surface area contributed by atoms with Gasteiger partial charge in [-0.15, -0.1) is 13.2 Å². The zero-order valence-corrected chi connectivity index (χ0v) is 16.6. The molecule has 0 radical (unpaired) electrons. The number of morpholine rings is 1. The van der Waals surface area contributed by atoms with Crippen molar-refractivity contribution in [1.82, 2.24) is 0 Å². The Balaban J connectivity index is 1.76. The molecular formula is C19H30F3N3O3+2. The van der Waals surface area contributed by atoms with Crippen molar-refractivity contribution in [2.75, 3.05) is 51.7 Å². The number of anilines is 1. The Hall–Kier alpha value is -1.84. The van der Waals surface area contributed by atoms with E-state index < -0.39 is 6.36 Å². The van der Waals surface area contributed by atoms with Gasteiger partial charge >= 0.3 is 6.36 Å². The van der Waals surface area contributed by atoms with Crippen molar-refractivity contribution in [2.24, 2.45) is 5.92 Å². The van der Waals surface area contributed by atoms with E-state index in [0.717, 1.165) is 37.7 Å². The molecule has 9 heteroatoms. The second-order valence-electron chi connectivity index (χ2n) is 7.75. The number of quaternary nitrogens is 2. The van der Waals surface area contributed by atoms with Gasteiger partial charge in [-0.05, 0) is 24.3 Å². The summed E-state index contributed by atoms with van der Waals surface area (Å²) in [7, 11) is 1.93. The monoisotopic (exact) mass is 405 g/mol. The third-order valence-electron chi connectivity index (χ3n) is 4.43. The summed E-state index contributed by atoms with van der Waals surface area (Å²) in [6, 6.07) is 5.10. The summed E-state index contributed by atoms with van der Waals surface area (Å²) >= 11 is 0. The lowest BCUT2D eigenvalue weighted by Crippen LogP contribution is -3.18. The molecule has 0 bridgehead atoms. The van der Waals surface area contributed by atoms with Crippen molar-refractivity contribution in [1.29, 1.82) is 0 Å². The average Bonchev–Trinajstić information content (AvgIpc) is 2.54. The van der Waals surface area contributed by atoms with Crippen LogP contribution >= 0.6 is 0 Å². The number of amides is 1. The first-order chi connectivity index (χ1) is 13.1. The zero-order valence-electron chi connectivity index (χ0n) is 16.6. The standard InChI is InChI=1S/C19H28F3N3O3/c1-14(2)10-25-8-9-27-17(12-25)11-24(3)13-18(26)23-15-4-6-16(7-5-15)28-19(20,21)22/h4-7,14,17H,8-13H2,1-3H3,(H,23,26)/p+2/t17-/m1/s1. The maximum Gasteiger partial charge on any atom is 0.573 e. The largest absolute Gasteiger partial charge is 0.573 e. The Morgan fingerprint density at radius 3 is 2.64 bits per heavy atom. The molecule has 1 fully saturated rings. The third-order valence-corrected chi connectivity index (χ3v) is 4.43. The fourth-order valence-electron chi connectivity index (χ4n) is 3.43. The molecule has 158 valence electrons. The van der Waals surface area contributed by atoms with Gasteiger partial charge in [-0.2, -0.15) is 0 Å². The number of alkyl halides is 3. The third kappa shape index (κ3) is 8.45. The molecule has 0 aliphatic carbocycles. The minimum atomic E-state index is -4.73. The van der Waals surface area contributed by atoms with E-state index >= 15 is 0 Å². The highest BCUT2D eigenvalue weighted by Crippen LogP contribution is 2.23. The Bertz CT molecular complexity index is 623. The molecule has 2 rings (SSSR count). The van der Waals surface area contributed by atoms with Crippen molar-refractivity contribution < 1.29 is 37.2 Å². The van der Waals surface area contributed by atoms with Gasteiger partial charge in [0, 0.05) is 11.6 Å². The minimum Gasteiger partial charge on any atom is -0.406 e. The van der Waals surface area contributed by atoms with Crippen LogP contribution in [0.2, 0.25) is 0 Å². The topological polar surface area (TPSA) is 56.4 Å². The Morgan fingerprint density at radius 2 is 2.04 bits per heavy atom. The number of nitrogens with one attached hydrogen (secondary N) is 3. The van der Waals surface area contributed by atoms with Crippen LogP contribution in [0.25, 0.3) is 0 Å². The highest BCUT2D eigenvalue weighted by atomic mass is 19.4. The van der Waals surface area contributed by atoms with E-state index in [9.17, 15) is 18.0 Å². The number of likely N-dealkylation sites (N-methyl/N-ethyl adjacent to an activating group) is 1. The highest BCUT2D eigenvalue weighted by molar-refractivity contribution is 5.91. The Kier molecular flexibility index (Phi) is 8.09. The smallest absolute Gasteiger partial charge is 0.406 e. The zero-order chi connectivity index (χ0) is 20.7. The van der Waals surface area contributed by atoms with E-state index in [1.54, 1.807) is 0 Å². The first kappa shape index (κ1) is 22.4. The van der Waals surface area contributed by atoms with E-state index in [1.807, 2.05) is 7.05 Å². The molecule has 6 nitrogen and oxygen atoms in total. The fourth-order valence-corrected chi connectivity index (χ4v) is 3.43. The van der Waals surface area contributed by atoms with Crippen LogP contribution in [0.1, 0.15) is 13.8 Å². The molecular weight excluding hydrogens is 375 g/mol. The van der Waals surface area contributed by atoms with Crippen LogP contribution in [0.5, 0.6) is 5.75 Å². The summed E-state index contributed by atoms with van der Waals surface area (Å²) in [5.41, 5.74) is 0.425. The van der Waals surface area contributed by atoms with Crippen molar-refractivity contribution in [3.05, 3.63) is 24.3 Å². The number of carbonyl (C=O) groups excluding carboxylic acids is 1. The highest BCUT2D eigenvalue weighted by Gasteiger charge is 2.31. The van der Waals surface area contributed by atoms with Crippen molar-refractivity contribution in [3.63, 3.8) is 0 Å². The summed E-state index contributed by atoms with van der Waals surface area (Å²) in [5.74, 6) is 0.109. The second-order valence-corrected chi connectivity index (χ2v) is 7.75. The minimum absolute atomic E-state index is 0.120. The summed E-state index contributed by atoms with van der Waals surface area (Å²) in [4.78, 5) is 14.7. The summed E-state index contributed by atoms with van der Waals surface area (Å²) < 4.78 is 46.1. The predicted octanol–water partition coefficient (Wildman–Crippen LogP) is -0.0219. The van der Waals surface area contributed by atoms with Gasteiger partial charge in [0.15, 0.2) is 12.6 Å². The molecule has 3 N–H and O–H groups in total. The van der Waals surface area contributed by atoms with Crippen molar-refractivity contribution >= 4 is 11.6 Å². The SMILES string of the molecule is CC(C)C[NH+]1CCO[C@H](C[NH+](C)CC(=O)Nc2ccc(OC(F)(F)F)cc2)C1. The maximum absolute atomic E-state index is 12.2. The summed E-state index contributed by atoms with van der Waals surface area (Å²) in [6.45, 7) is 9.21. The van der Waals surface area contributed by atoms with Gasteiger partial charge in [0.2, 0.25) is 0 Å². The first-order valence-corrected chi connectivity index (χ1v) is 9.53. The fraction of sp³-hybridized carbons (Fsp3) is 0.632. The number of hydrogen-bond donors (Lipinski definition) is 3. The molecule has 0 spiro atoms. The number of rotatable bonds is 8. The van der Waals surface area contributed by atoms with Gasteiger partial charge in [0.1, 0.15) is 25.4 Å². The molecule has 1 saturated heterocycles. The van der Waals surface area contributed by atoms with Crippen molar-refractivity contribution in [3.8, 4) is 5.75 Å². The van der Waals surface area contributed by atoms with Gasteiger partial charge in [-0.25, -0.2) is 0 Å². The van der Waals surface area contributed by atoms with Gasteiger partial charge in [-0.1, -0.05) is 13.8 Å². The summed E-state index contributed by atoms with van der Waals surface area (Å²) in [5, 5.41) is 2.69. The molecule has 1 heterocycles. The average molecular weight is 405 g/mol. The van der Waals surface area contributed by atoms with Crippen molar-refractivity contribution in [2.45, 2.75) is 26.3 Å². The van der Waals surface area contributed by atoms with Crippen LogP contribution in [0.4, 0.5) is 18.9 Å². The van der Waals surface area contributed by atoms with Gasteiger partial charge in [-0.3, -0.25) is 4.79 Å². The molecule has 1 aromatic carbocycles. The molecule has 1 aliphatic rings. The van der Waals surface area contributed by atoms with E-state index in [0.29, 0.717) is 11.6 Å². The second kappa shape index (κ2) is 10.1. The van der Waals surface area contributed by atoms with E-state index in [2.05, 4.69) is 23.9 Å². The molecule has 0 aromatic heterocycles. The van der Waals surface area contributed by atoms with Crippen LogP contribution in [-0.2, 0) is 9.53 Å². The van der Waals surface area contributed by atoms with Crippen LogP contribution in [-0.4, -0.2) is 64.8 Å². The number of ether oxygens (including phenoxy) is 2. The quantitative estimate of drug-likeness (QED) is 0.570. The van der Waals surface area contributed by atoms with Gasteiger partial charge in [0.05, 0.1) is 20.2 Å². The molecule has 2 unspecified atom stereocenters. The molecule has 1 aromatic rings. The Labute approximate surface area is 163 Å². The lowest BCUT2D eigenvalue weighted by atomic mass is 10.1. The maximum atomic E-state index is 12.2. The predicted molar refractivity (Wildman–Crippen MR) is 98.5 cm³/mol. The van der Waals surface area contributed by atoms with Gasteiger partial charge in [0.25, 0.3) is 5.91 Å². The lowest BCUT2D eigenvalue weighted by molar-refractivity contribution is -0.926. The van der Waals surface area contributed by atoms with E-state index in [1.165, 1.54) is 29.2 Å². The molecule has 3 atom stereocenters. The molecule has 1 aliphatic heterocycles. The van der Waals surface area contributed by atoms with E-state index in [4.69, 9.17) is 4.74 Å². The normalized spacial score (nSPS) is 21.4. The molecule has 28 heavy (non-hydrogen) atoms. The summed E-state index contributed by atoms with van der Waals surface area (Å²) in [6.07, 6.45) is -4.61. The van der Waals surface area contributed by atoms with Crippen LogP contribution in [0.15, 0.2) is 24.3 Å². The first-order valence-electron chi connectivity index (χ1n) is 9.53. The van der Waals surface area contributed by atoms with Crippen LogP contribution in [0.3, 0.4) is 0 Å². The number of hydrogen-bond acceptors (Lipinski definition) is 3. The van der Waals surface area contributed by atoms with Crippen LogP contribution < -0.4 is 19.9 Å². The Morgan fingerprint density at radius 1 is 1.36 bits per heavy atom. The lowest BCUT2D eigenvalue weighted by Gasteiger charge is -2.31. The van der Waals surface area contributed by atoms with E-state index in [-0.39, 0.29) is 24.3 Å². The molecule has 1 amide bonds. The molecule has 0 saturated carbocycles.